The first-order valence-corrected chi connectivity index (χ1v) is 11.7. The number of thiazole rings is 1. The number of benzene rings is 2. The highest BCUT2D eigenvalue weighted by atomic mass is 32.1. The Balaban J connectivity index is 1.63. The molecule has 1 fully saturated rings. The molecule has 4 rings (SSSR count). The average molecular weight is 484 g/mol. The molecule has 0 bridgehead atoms. The molecule has 1 saturated heterocycles. The van der Waals surface area contributed by atoms with E-state index in [2.05, 4.69) is 4.98 Å². The number of aromatic nitrogens is 1. The van der Waals surface area contributed by atoms with Crippen LogP contribution in [0.2, 0.25) is 0 Å². The zero-order chi connectivity index (χ0) is 24.2. The minimum absolute atomic E-state index is 0.0129. The molecule has 10 nitrogen and oxygen atoms in total. The van der Waals surface area contributed by atoms with E-state index in [1.54, 1.807) is 24.1 Å². The smallest absolute Gasteiger partial charge is 0.293 e. The van der Waals surface area contributed by atoms with Crippen molar-refractivity contribution in [1.82, 2.24) is 9.88 Å². The van der Waals surface area contributed by atoms with Gasteiger partial charge in [0.1, 0.15) is 5.69 Å². The molecular formula is C23H25N5O5S. The lowest BCUT2D eigenvalue weighted by Crippen LogP contribution is -2.48. The van der Waals surface area contributed by atoms with Gasteiger partial charge in [0, 0.05) is 51.8 Å². The van der Waals surface area contributed by atoms with Crippen molar-refractivity contribution in [3.05, 3.63) is 58.1 Å². The Morgan fingerprint density at radius 3 is 2.56 bits per heavy atom. The Morgan fingerprint density at radius 2 is 1.91 bits per heavy atom. The van der Waals surface area contributed by atoms with Gasteiger partial charge in [-0.3, -0.25) is 24.6 Å². The Bertz CT molecular complexity index is 1190. The topological polar surface area (TPSA) is 109 Å². The molecule has 0 spiro atoms. The third-order valence-corrected chi connectivity index (χ3v) is 6.82. The largest absolute Gasteiger partial charge is 0.383 e. The van der Waals surface area contributed by atoms with Crippen molar-refractivity contribution in [2.24, 2.45) is 0 Å². The predicted octanol–water partition coefficient (Wildman–Crippen LogP) is 3.17. The molecule has 11 heteroatoms. The molecule has 178 valence electrons. The third-order valence-electron chi connectivity index (χ3n) is 5.76. The molecule has 0 atom stereocenters. The molecular weight excluding hydrogens is 458 g/mol. The number of nitrogens with zero attached hydrogens (tertiary/aromatic N) is 5. The van der Waals surface area contributed by atoms with Crippen LogP contribution in [0.1, 0.15) is 17.3 Å². The van der Waals surface area contributed by atoms with E-state index in [1.165, 1.54) is 29.2 Å². The summed E-state index contributed by atoms with van der Waals surface area (Å²) in [5.74, 6) is -0.395. The van der Waals surface area contributed by atoms with E-state index in [0.29, 0.717) is 43.6 Å². The van der Waals surface area contributed by atoms with Crippen molar-refractivity contribution in [3.8, 4) is 0 Å². The van der Waals surface area contributed by atoms with Gasteiger partial charge in [-0.15, -0.1) is 0 Å². The number of piperazine rings is 1. The van der Waals surface area contributed by atoms with Gasteiger partial charge in [-0.1, -0.05) is 23.5 Å². The molecule has 2 aromatic carbocycles. The third kappa shape index (κ3) is 4.85. The predicted molar refractivity (Wildman–Crippen MR) is 131 cm³/mol. The fourth-order valence-electron chi connectivity index (χ4n) is 3.93. The van der Waals surface area contributed by atoms with Gasteiger partial charge in [0.05, 0.1) is 28.3 Å². The highest BCUT2D eigenvalue weighted by Gasteiger charge is 2.28. The normalized spacial score (nSPS) is 13.8. The molecule has 1 aromatic heterocycles. The number of fused-ring (bicyclic) bond motifs is 1. The molecule has 0 unspecified atom stereocenters. The van der Waals surface area contributed by atoms with Crippen LogP contribution in [0.25, 0.3) is 10.2 Å². The second-order valence-electron chi connectivity index (χ2n) is 7.87. The van der Waals surface area contributed by atoms with Crippen LogP contribution in [0, 0.1) is 10.1 Å². The molecule has 1 aliphatic heterocycles. The summed E-state index contributed by atoms with van der Waals surface area (Å²) in [4.78, 5) is 46.2. The van der Waals surface area contributed by atoms with Gasteiger partial charge in [-0.25, -0.2) is 4.98 Å². The number of rotatable bonds is 7. The maximum Gasteiger partial charge on any atom is 0.293 e. The number of hydrogen-bond acceptors (Lipinski definition) is 8. The van der Waals surface area contributed by atoms with E-state index in [0.717, 1.165) is 10.2 Å². The summed E-state index contributed by atoms with van der Waals surface area (Å²) >= 11 is 1.38. The van der Waals surface area contributed by atoms with Crippen LogP contribution in [0.3, 0.4) is 0 Å². The lowest BCUT2D eigenvalue weighted by Gasteiger charge is -2.35. The van der Waals surface area contributed by atoms with E-state index in [4.69, 9.17) is 4.74 Å². The molecule has 2 amide bonds. The van der Waals surface area contributed by atoms with Gasteiger partial charge in [0.25, 0.3) is 11.6 Å². The SMILES string of the molecule is COCCN(C(=O)c1ccc(N2CCN(C(C)=O)CC2)c([N+](=O)[O-])c1)c1nc2ccccc2s1. The zero-order valence-corrected chi connectivity index (χ0v) is 19.8. The standard InChI is InChI=1S/C23H25N5O5S/c1-16(29)25-9-11-26(12-10-25)19-8-7-17(15-20(19)28(31)32)22(30)27(13-14-33-2)23-24-18-5-3-4-6-21(18)34-23/h3-8,15H,9-14H2,1-2H3. The Labute approximate surface area is 200 Å². The second-order valence-corrected chi connectivity index (χ2v) is 8.88. The highest BCUT2D eigenvalue weighted by molar-refractivity contribution is 7.22. The van der Waals surface area contributed by atoms with Crippen LogP contribution in [0.4, 0.5) is 16.5 Å². The van der Waals surface area contributed by atoms with E-state index >= 15 is 0 Å². The number of ether oxygens (including phenoxy) is 1. The molecule has 0 aliphatic carbocycles. The number of methoxy groups -OCH3 is 1. The Kier molecular flexibility index (Phi) is 7.03. The van der Waals surface area contributed by atoms with Crippen molar-refractivity contribution in [2.45, 2.75) is 6.92 Å². The summed E-state index contributed by atoms with van der Waals surface area (Å²) in [6.45, 7) is 4.03. The van der Waals surface area contributed by atoms with Gasteiger partial charge in [-0.05, 0) is 24.3 Å². The minimum Gasteiger partial charge on any atom is -0.383 e. The molecule has 0 saturated carbocycles. The molecule has 1 aliphatic rings. The molecule has 2 heterocycles. The lowest BCUT2D eigenvalue weighted by atomic mass is 10.1. The lowest BCUT2D eigenvalue weighted by molar-refractivity contribution is -0.384. The first kappa shape index (κ1) is 23.6. The van der Waals surface area contributed by atoms with Gasteiger partial charge >= 0.3 is 0 Å². The Hall–Kier alpha value is -3.57. The summed E-state index contributed by atoms with van der Waals surface area (Å²) in [7, 11) is 1.55. The number of carbonyl (C=O) groups is 2. The number of amides is 2. The van der Waals surface area contributed by atoms with E-state index in [1.807, 2.05) is 29.2 Å². The molecule has 0 N–H and O–H groups in total. The molecule has 3 aromatic rings. The average Bonchev–Trinajstić information content (AvgIpc) is 3.27. The van der Waals surface area contributed by atoms with Crippen molar-refractivity contribution >= 4 is 49.9 Å². The summed E-state index contributed by atoms with van der Waals surface area (Å²) in [5, 5.41) is 12.4. The van der Waals surface area contributed by atoms with Crippen molar-refractivity contribution in [3.63, 3.8) is 0 Å². The number of hydrogen-bond donors (Lipinski definition) is 0. The first-order valence-electron chi connectivity index (χ1n) is 10.8. The highest BCUT2D eigenvalue weighted by Crippen LogP contribution is 2.33. The quantitative estimate of drug-likeness (QED) is 0.375. The first-order chi connectivity index (χ1) is 16.4. The fourth-order valence-corrected chi connectivity index (χ4v) is 4.92. The zero-order valence-electron chi connectivity index (χ0n) is 19.0. The summed E-state index contributed by atoms with van der Waals surface area (Å²) < 4.78 is 6.12. The van der Waals surface area contributed by atoms with Gasteiger partial charge in [0.15, 0.2) is 5.13 Å². The van der Waals surface area contributed by atoms with Crippen molar-refractivity contribution in [2.75, 3.05) is 56.2 Å². The number of nitro benzene ring substituents is 1. The minimum atomic E-state index is -0.472. The number of anilines is 2. The van der Waals surface area contributed by atoms with Crippen LogP contribution < -0.4 is 9.80 Å². The van der Waals surface area contributed by atoms with Gasteiger partial charge in [-0.2, -0.15) is 0 Å². The van der Waals surface area contributed by atoms with Crippen molar-refractivity contribution < 1.29 is 19.2 Å². The van der Waals surface area contributed by atoms with Gasteiger partial charge in [0.2, 0.25) is 5.91 Å². The van der Waals surface area contributed by atoms with E-state index in [9.17, 15) is 19.7 Å². The number of para-hydroxylation sites is 1. The second kappa shape index (κ2) is 10.1. The summed E-state index contributed by atoms with van der Waals surface area (Å²) in [6, 6.07) is 12.1. The maximum atomic E-state index is 13.5. The van der Waals surface area contributed by atoms with Crippen molar-refractivity contribution in [1.29, 1.82) is 0 Å². The van der Waals surface area contributed by atoms with Crippen LogP contribution >= 0.6 is 11.3 Å². The van der Waals surface area contributed by atoms with E-state index in [-0.39, 0.29) is 29.6 Å². The van der Waals surface area contributed by atoms with E-state index < -0.39 is 4.92 Å². The van der Waals surface area contributed by atoms with Crippen LogP contribution in [0.5, 0.6) is 0 Å². The summed E-state index contributed by atoms with van der Waals surface area (Å²) in [6.07, 6.45) is 0. The summed E-state index contributed by atoms with van der Waals surface area (Å²) in [5.41, 5.74) is 1.28. The molecule has 34 heavy (non-hydrogen) atoms. The Morgan fingerprint density at radius 1 is 1.18 bits per heavy atom. The van der Waals surface area contributed by atoms with Crippen LogP contribution in [0.15, 0.2) is 42.5 Å². The molecule has 0 radical (unpaired) electrons. The number of nitro groups is 1. The van der Waals surface area contributed by atoms with Crippen LogP contribution in [-0.4, -0.2) is 73.1 Å². The van der Waals surface area contributed by atoms with Crippen LogP contribution in [-0.2, 0) is 9.53 Å². The number of carbonyl (C=O) groups excluding carboxylic acids is 2. The van der Waals surface area contributed by atoms with Gasteiger partial charge < -0.3 is 14.5 Å². The maximum absolute atomic E-state index is 13.5. The fraction of sp³-hybridized carbons (Fsp3) is 0.348. The monoisotopic (exact) mass is 483 g/mol.